The zero-order chi connectivity index (χ0) is 25.5. The molecule has 3 aromatic rings. The van der Waals surface area contributed by atoms with E-state index in [1.807, 2.05) is 0 Å². The van der Waals surface area contributed by atoms with Gasteiger partial charge in [0.15, 0.2) is 0 Å². The maximum atomic E-state index is 13.0. The van der Waals surface area contributed by atoms with Crippen molar-refractivity contribution in [1.29, 1.82) is 0 Å². The third-order valence-electron chi connectivity index (χ3n) is 4.50. The fourth-order valence-corrected chi connectivity index (χ4v) is 3.26. The molecule has 3 rings (SSSR count). The van der Waals surface area contributed by atoms with Crippen LogP contribution in [-0.4, -0.2) is 41.1 Å². The number of anilines is 1. The van der Waals surface area contributed by atoms with Gasteiger partial charge in [-0.15, -0.1) is 0 Å². The van der Waals surface area contributed by atoms with Gasteiger partial charge in [-0.25, -0.2) is 14.4 Å². The van der Waals surface area contributed by atoms with E-state index in [1.165, 1.54) is 60.7 Å². The molecule has 0 fully saturated rings. The van der Waals surface area contributed by atoms with E-state index in [9.17, 15) is 24.3 Å². The number of hydrogen-bond acceptors (Lipinski definition) is 6. The highest BCUT2D eigenvalue weighted by Gasteiger charge is 2.41. The third-order valence-corrected chi connectivity index (χ3v) is 5.24. The summed E-state index contributed by atoms with van der Waals surface area (Å²) >= 11 is 17.6. The summed E-state index contributed by atoms with van der Waals surface area (Å²) in [5.41, 5.74) is 0.157. The maximum absolute atomic E-state index is 13.0. The molecule has 35 heavy (non-hydrogen) atoms. The summed E-state index contributed by atoms with van der Waals surface area (Å²) in [5, 5.41) is 13.1. The Kier molecular flexibility index (Phi) is 8.70. The molecule has 0 radical (unpaired) electrons. The summed E-state index contributed by atoms with van der Waals surface area (Å²) in [6, 6.07) is 16.9. The van der Waals surface area contributed by atoms with Crippen LogP contribution in [0.1, 0.15) is 20.7 Å². The van der Waals surface area contributed by atoms with Gasteiger partial charge < -0.3 is 19.9 Å². The minimum absolute atomic E-state index is 0.0110. The Hall–Kier alpha value is -3.59. The monoisotopic (exact) mass is 535 g/mol. The minimum atomic E-state index is -2.19. The minimum Gasteiger partial charge on any atom is -0.478 e. The number of aliphatic carboxylic acids is 1. The summed E-state index contributed by atoms with van der Waals surface area (Å²) in [7, 11) is 0. The van der Waals surface area contributed by atoms with Crippen LogP contribution < -0.4 is 5.32 Å². The van der Waals surface area contributed by atoms with Crippen molar-refractivity contribution in [3.63, 3.8) is 0 Å². The Morgan fingerprint density at radius 1 is 0.686 bits per heavy atom. The predicted molar refractivity (Wildman–Crippen MR) is 129 cm³/mol. The smallest absolute Gasteiger partial charge is 0.349 e. The molecule has 11 heteroatoms. The standard InChI is InChI=1S/C24H16Cl3NO7/c25-15-8-4-13(5-9-15)23(32)34-19(21(29)28-18-3-1-2-17(27)12-18)20(22(30)31)35-24(33)14-6-10-16(26)11-7-14/h1-12,19-20H,(H,28,29)(H,30,31)/t19-,20-/m1/s1. The summed E-state index contributed by atoms with van der Waals surface area (Å²) in [6.45, 7) is 0. The first-order valence-electron chi connectivity index (χ1n) is 9.86. The van der Waals surface area contributed by atoms with Gasteiger partial charge in [0.25, 0.3) is 5.91 Å². The summed E-state index contributed by atoms with van der Waals surface area (Å²) < 4.78 is 10.3. The molecule has 0 aliphatic carbocycles. The lowest BCUT2D eigenvalue weighted by Gasteiger charge is -2.23. The Morgan fingerprint density at radius 3 is 1.63 bits per heavy atom. The first kappa shape index (κ1) is 26.0. The molecule has 8 nitrogen and oxygen atoms in total. The zero-order valence-corrected chi connectivity index (χ0v) is 19.9. The van der Waals surface area contributed by atoms with Crippen LogP contribution in [0.5, 0.6) is 0 Å². The van der Waals surface area contributed by atoms with Crippen LogP contribution >= 0.6 is 34.8 Å². The van der Waals surface area contributed by atoms with Crippen molar-refractivity contribution < 1.29 is 33.8 Å². The average Bonchev–Trinajstić information content (AvgIpc) is 2.81. The molecule has 0 saturated carbocycles. The van der Waals surface area contributed by atoms with E-state index in [0.29, 0.717) is 15.1 Å². The fraction of sp³-hybridized carbons (Fsp3) is 0.0833. The molecule has 0 aliphatic rings. The Bertz CT molecular complexity index is 1250. The maximum Gasteiger partial charge on any atom is 0.349 e. The van der Waals surface area contributed by atoms with Gasteiger partial charge in [-0.1, -0.05) is 40.9 Å². The van der Waals surface area contributed by atoms with Crippen molar-refractivity contribution in [3.8, 4) is 0 Å². The molecular weight excluding hydrogens is 521 g/mol. The van der Waals surface area contributed by atoms with Gasteiger partial charge in [0.1, 0.15) is 0 Å². The molecule has 3 aromatic carbocycles. The average molecular weight is 537 g/mol. The van der Waals surface area contributed by atoms with Gasteiger partial charge in [0, 0.05) is 20.8 Å². The highest BCUT2D eigenvalue weighted by atomic mass is 35.5. The second-order valence-corrected chi connectivity index (χ2v) is 8.31. The van der Waals surface area contributed by atoms with Crippen LogP contribution in [0.2, 0.25) is 15.1 Å². The topological polar surface area (TPSA) is 119 Å². The molecule has 0 aromatic heterocycles. The van der Waals surface area contributed by atoms with Crippen LogP contribution in [0.25, 0.3) is 0 Å². The van der Waals surface area contributed by atoms with E-state index in [1.54, 1.807) is 12.1 Å². The largest absolute Gasteiger partial charge is 0.478 e. The Labute approximate surface area is 214 Å². The van der Waals surface area contributed by atoms with Crippen molar-refractivity contribution in [2.45, 2.75) is 12.2 Å². The molecule has 2 N–H and O–H groups in total. The molecule has 0 spiro atoms. The lowest BCUT2D eigenvalue weighted by molar-refractivity contribution is -0.157. The van der Waals surface area contributed by atoms with E-state index < -0.39 is 36.0 Å². The third kappa shape index (κ3) is 7.19. The number of esters is 2. The molecule has 0 saturated heterocycles. The van der Waals surface area contributed by atoms with Crippen molar-refractivity contribution in [3.05, 3.63) is 99.0 Å². The Balaban J connectivity index is 1.90. The number of nitrogens with one attached hydrogen (secondary N) is 1. The van der Waals surface area contributed by atoms with E-state index in [4.69, 9.17) is 44.3 Å². The van der Waals surface area contributed by atoms with Gasteiger partial charge in [-0.2, -0.15) is 0 Å². The SMILES string of the molecule is O=C(O[C@@H](C(=O)O)[C@@H](OC(=O)c1ccc(Cl)cc1)C(=O)Nc1cccc(Cl)c1)c1ccc(Cl)cc1. The number of carboxylic acid groups (broad SMARTS) is 1. The number of benzene rings is 3. The molecular formula is C24H16Cl3NO7. The number of ether oxygens (including phenoxy) is 2. The second-order valence-electron chi connectivity index (χ2n) is 7.00. The predicted octanol–water partition coefficient (Wildman–Crippen LogP) is 5.12. The molecule has 0 unspecified atom stereocenters. The number of carbonyl (C=O) groups excluding carboxylic acids is 3. The molecule has 2 atom stereocenters. The quantitative estimate of drug-likeness (QED) is 0.383. The number of carbonyl (C=O) groups is 4. The van der Waals surface area contributed by atoms with Crippen LogP contribution in [0.15, 0.2) is 72.8 Å². The van der Waals surface area contributed by atoms with Gasteiger partial charge in [-0.05, 0) is 66.7 Å². The number of rotatable bonds is 8. The lowest BCUT2D eigenvalue weighted by atomic mass is 10.1. The first-order valence-corrected chi connectivity index (χ1v) is 11.0. The van der Waals surface area contributed by atoms with E-state index in [-0.39, 0.29) is 16.8 Å². The van der Waals surface area contributed by atoms with Gasteiger partial charge in [-0.3, -0.25) is 4.79 Å². The number of halogens is 3. The van der Waals surface area contributed by atoms with Crippen molar-refractivity contribution >= 4 is 64.3 Å². The molecule has 0 bridgehead atoms. The highest BCUT2D eigenvalue weighted by molar-refractivity contribution is 6.31. The lowest BCUT2D eigenvalue weighted by Crippen LogP contribution is -2.48. The number of carboxylic acids is 1. The Morgan fingerprint density at radius 2 is 1.17 bits per heavy atom. The zero-order valence-electron chi connectivity index (χ0n) is 17.6. The first-order chi connectivity index (χ1) is 16.6. The second kappa shape index (κ2) is 11.7. The van der Waals surface area contributed by atoms with Gasteiger partial charge in [0.2, 0.25) is 12.2 Å². The summed E-state index contributed by atoms with van der Waals surface area (Å²) in [5.74, 6) is -4.90. The van der Waals surface area contributed by atoms with Crippen molar-refractivity contribution in [2.75, 3.05) is 5.32 Å². The van der Waals surface area contributed by atoms with Crippen LogP contribution in [0.3, 0.4) is 0 Å². The summed E-state index contributed by atoms with van der Waals surface area (Å²) in [4.78, 5) is 50.3. The highest BCUT2D eigenvalue weighted by Crippen LogP contribution is 2.19. The molecule has 0 aliphatic heterocycles. The fourth-order valence-electron chi connectivity index (χ4n) is 2.81. The normalized spacial score (nSPS) is 12.2. The van der Waals surface area contributed by atoms with Crippen molar-refractivity contribution in [1.82, 2.24) is 0 Å². The van der Waals surface area contributed by atoms with Gasteiger partial charge in [0.05, 0.1) is 11.1 Å². The van der Waals surface area contributed by atoms with E-state index in [0.717, 1.165) is 0 Å². The number of hydrogen-bond donors (Lipinski definition) is 2. The van der Waals surface area contributed by atoms with Crippen LogP contribution in [-0.2, 0) is 19.1 Å². The van der Waals surface area contributed by atoms with Crippen LogP contribution in [0.4, 0.5) is 5.69 Å². The van der Waals surface area contributed by atoms with E-state index in [2.05, 4.69) is 5.32 Å². The van der Waals surface area contributed by atoms with Crippen molar-refractivity contribution in [2.24, 2.45) is 0 Å². The summed E-state index contributed by atoms with van der Waals surface area (Å²) in [6.07, 6.45) is -4.25. The molecule has 0 heterocycles. The van der Waals surface area contributed by atoms with Crippen LogP contribution in [0, 0.1) is 0 Å². The molecule has 180 valence electrons. The number of amides is 1. The molecule has 1 amide bonds. The van der Waals surface area contributed by atoms with Gasteiger partial charge >= 0.3 is 17.9 Å². The van der Waals surface area contributed by atoms with E-state index >= 15 is 0 Å².